The van der Waals surface area contributed by atoms with Gasteiger partial charge in [-0.2, -0.15) is 0 Å². The SMILES string of the molecule is CC(C)(C)OC(=O)CSc1n[nH]c(Cc2cccs2)n1. The Kier molecular flexibility index (Phi) is 4.82. The molecule has 2 heterocycles. The van der Waals surface area contributed by atoms with Crippen molar-refractivity contribution in [3.8, 4) is 0 Å². The first-order valence-corrected chi connectivity index (χ1v) is 8.07. The monoisotopic (exact) mass is 311 g/mol. The number of nitrogens with one attached hydrogen (secondary N) is 1. The molecule has 0 aliphatic heterocycles. The number of ether oxygens (including phenoxy) is 1. The maximum Gasteiger partial charge on any atom is 0.316 e. The Morgan fingerprint density at radius 3 is 2.95 bits per heavy atom. The van der Waals surface area contributed by atoms with Crippen molar-refractivity contribution >= 4 is 29.1 Å². The Hall–Kier alpha value is -1.34. The van der Waals surface area contributed by atoms with Gasteiger partial charge in [0.1, 0.15) is 11.4 Å². The second-order valence-corrected chi connectivity index (χ2v) is 7.17. The summed E-state index contributed by atoms with van der Waals surface area (Å²) in [7, 11) is 0. The van der Waals surface area contributed by atoms with Crippen LogP contribution in [0.3, 0.4) is 0 Å². The van der Waals surface area contributed by atoms with E-state index in [1.807, 2.05) is 32.2 Å². The van der Waals surface area contributed by atoms with Gasteiger partial charge in [-0.05, 0) is 32.2 Å². The molecule has 0 unspecified atom stereocenters. The normalized spacial score (nSPS) is 11.6. The number of esters is 1. The molecule has 20 heavy (non-hydrogen) atoms. The maximum atomic E-state index is 11.6. The first-order valence-electron chi connectivity index (χ1n) is 6.21. The number of nitrogens with zero attached hydrogens (tertiary/aromatic N) is 2. The Morgan fingerprint density at radius 1 is 1.50 bits per heavy atom. The van der Waals surface area contributed by atoms with Gasteiger partial charge in [0.15, 0.2) is 0 Å². The van der Waals surface area contributed by atoms with E-state index in [2.05, 4.69) is 21.2 Å². The van der Waals surface area contributed by atoms with Crippen LogP contribution in [0.25, 0.3) is 0 Å². The molecule has 0 aliphatic rings. The van der Waals surface area contributed by atoms with Gasteiger partial charge in [0.2, 0.25) is 5.16 Å². The molecular formula is C13H17N3O2S2. The third-order valence-electron chi connectivity index (χ3n) is 2.17. The molecule has 0 aromatic carbocycles. The van der Waals surface area contributed by atoms with Gasteiger partial charge in [-0.15, -0.1) is 16.4 Å². The first kappa shape index (κ1) is 15.1. The van der Waals surface area contributed by atoms with E-state index >= 15 is 0 Å². The maximum absolute atomic E-state index is 11.6. The van der Waals surface area contributed by atoms with E-state index in [4.69, 9.17) is 4.74 Å². The lowest BCUT2D eigenvalue weighted by Gasteiger charge is -2.18. The van der Waals surface area contributed by atoms with Gasteiger partial charge in [-0.3, -0.25) is 9.89 Å². The Balaban J connectivity index is 1.82. The quantitative estimate of drug-likeness (QED) is 0.679. The molecule has 5 nitrogen and oxygen atoms in total. The summed E-state index contributed by atoms with van der Waals surface area (Å²) in [5.41, 5.74) is -0.457. The molecule has 2 rings (SSSR count). The highest BCUT2D eigenvalue weighted by atomic mass is 32.2. The number of aromatic nitrogens is 3. The fourth-order valence-corrected chi connectivity index (χ4v) is 2.79. The van der Waals surface area contributed by atoms with Gasteiger partial charge in [-0.1, -0.05) is 17.8 Å². The van der Waals surface area contributed by atoms with Gasteiger partial charge < -0.3 is 4.74 Å². The topological polar surface area (TPSA) is 67.9 Å². The van der Waals surface area contributed by atoms with Gasteiger partial charge >= 0.3 is 5.97 Å². The van der Waals surface area contributed by atoms with Crippen LogP contribution in [-0.4, -0.2) is 32.5 Å². The van der Waals surface area contributed by atoms with E-state index in [-0.39, 0.29) is 11.7 Å². The molecule has 1 N–H and O–H groups in total. The fraction of sp³-hybridized carbons (Fsp3) is 0.462. The zero-order valence-corrected chi connectivity index (χ0v) is 13.3. The summed E-state index contributed by atoms with van der Waals surface area (Å²) in [6.07, 6.45) is 0.734. The largest absolute Gasteiger partial charge is 0.459 e. The van der Waals surface area contributed by atoms with Gasteiger partial charge in [0.05, 0.1) is 5.75 Å². The molecule has 0 atom stereocenters. The number of hydrogen-bond acceptors (Lipinski definition) is 6. The van der Waals surface area contributed by atoms with Gasteiger partial charge in [0, 0.05) is 11.3 Å². The highest BCUT2D eigenvalue weighted by Crippen LogP contribution is 2.17. The van der Waals surface area contributed by atoms with E-state index < -0.39 is 5.60 Å². The molecule has 0 saturated heterocycles. The van der Waals surface area contributed by atoms with Crippen molar-refractivity contribution in [2.75, 3.05) is 5.75 Å². The summed E-state index contributed by atoms with van der Waals surface area (Å²) < 4.78 is 5.23. The average Bonchev–Trinajstić information content (AvgIpc) is 2.96. The fourth-order valence-electron chi connectivity index (χ4n) is 1.49. The molecule has 0 amide bonds. The highest BCUT2D eigenvalue weighted by Gasteiger charge is 2.17. The number of rotatable bonds is 5. The molecule has 108 valence electrons. The van der Waals surface area contributed by atoms with Crippen molar-refractivity contribution in [3.05, 3.63) is 28.2 Å². The zero-order valence-electron chi connectivity index (χ0n) is 11.7. The molecule has 2 aromatic heterocycles. The van der Waals surface area contributed by atoms with Crippen LogP contribution in [0.1, 0.15) is 31.5 Å². The van der Waals surface area contributed by atoms with Crippen LogP contribution < -0.4 is 0 Å². The zero-order chi connectivity index (χ0) is 14.6. The minimum atomic E-state index is -0.457. The van der Waals surface area contributed by atoms with Crippen LogP contribution in [0.15, 0.2) is 22.7 Å². The molecular weight excluding hydrogens is 294 g/mol. The molecule has 0 spiro atoms. The number of aromatic amines is 1. The van der Waals surface area contributed by atoms with Crippen molar-refractivity contribution in [3.63, 3.8) is 0 Å². The predicted octanol–water partition coefficient (Wildman–Crippen LogP) is 2.89. The molecule has 7 heteroatoms. The van der Waals surface area contributed by atoms with Crippen molar-refractivity contribution in [1.29, 1.82) is 0 Å². The first-order chi connectivity index (χ1) is 9.42. The number of thioether (sulfide) groups is 1. The number of thiophene rings is 1. The van der Waals surface area contributed by atoms with E-state index in [1.54, 1.807) is 11.3 Å². The van der Waals surface area contributed by atoms with Crippen LogP contribution in [-0.2, 0) is 16.0 Å². The summed E-state index contributed by atoms with van der Waals surface area (Å²) in [6.45, 7) is 5.55. The predicted molar refractivity (Wildman–Crippen MR) is 80.1 cm³/mol. The van der Waals surface area contributed by atoms with Crippen LogP contribution in [0.5, 0.6) is 0 Å². The number of carbonyl (C=O) groups is 1. The molecule has 0 aliphatic carbocycles. The lowest BCUT2D eigenvalue weighted by molar-refractivity contribution is -0.151. The summed E-state index contributed by atoms with van der Waals surface area (Å²) >= 11 is 2.96. The second-order valence-electron chi connectivity index (χ2n) is 5.20. The Morgan fingerprint density at radius 2 is 2.30 bits per heavy atom. The van der Waals surface area contributed by atoms with Crippen LogP contribution in [0.2, 0.25) is 0 Å². The van der Waals surface area contributed by atoms with Crippen molar-refractivity contribution in [2.45, 2.75) is 37.9 Å². The Labute approximate surface area is 126 Å². The van der Waals surface area contributed by atoms with Crippen molar-refractivity contribution < 1.29 is 9.53 Å². The highest BCUT2D eigenvalue weighted by molar-refractivity contribution is 7.99. The third kappa shape index (κ3) is 4.97. The van der Waals surface area contributed by atoms with Crippen molar-refractivity contribution in [2.24, 2.45) is 0 Å². The molecule has 2 aromatic rings. The molecule has 0 saturated carbocycles. The smallest absolute Gasteiger partial charge is 0.316 e. The lowest BCUT2D eigenvalue weighted by atomic mass is 10.2. The molecule has 0 fully saturated rings. The van der Waals surface area contributed by atoms with E-state index in [0.29, 0.717) is 5.16 Å². The summed E-state index contributed by atoms with van der Waals surface area (Å²) in [4.78, 5) is 17.2. The standard InChI is InChI=1S/C13H17N3O2S2/c1-13(2,3)18-11(17)8-20-12-14-10(15-16-12)7-9-5-4-6-19-9/h4-6H,7-8H2,1-3H3,(H,14,15,16). The summed E-state index contributed by atoms with van der Waals surface area (Å²) in [5, 5.41) is 9.58. The van der Waals surface area contributed by atoms with E-state index in [9.17, 15) is 4.79 Å². The average molecular weight is 311 g/mol. The van der Waals surface area contributed by atoms with Crippen molar-refractivity contribution in [1.82, 2.24) is 15.2 Å². The van der Waals surface area contributed by atoms with E-state index in [0.717, 1.165) is 12.2 Å². The van der Waals surface area contributed by atoms with Crippen LogP contribution in [0, 0.1) is 0 Å². The summed E-state index contributed by atoms with van der Waals surface area (Å²) in [6, 6.07) is 4.06. The molecule has 0 radical (unpaired) electrons. The minimum absolute atomic E-state index is 0.216. The van der Waals surface area contributed by atoms with E-state index in [1.165, 1.54) is 16.6 Å². The number of H-pyrrole nitrogens is 1. The van der Waals surface area contributed by atoms with Crippen LogP contribution >= 0.6 is 23.1 Å². The minimum Gasteiger partial charge on any atom is -0.459 e. The molecule has 0 bridgehead atoms. The Bertz CT molecular complexity index is 558. The van der Waals surface area contributed by atoms with Crippen LogP contribution in [0.4, 0.5) is 0 Å². The van der Waals surface area contributed by atoms with Gasteiger partial charge in [-0.25, -0.2) is 4.98 Å². The summed E-state index contributed by atoms with van der Waals surface area (Å²) in [5.74, 6) is 0.763. The van der Waals surface area contributed by atoms with Gasteiger partial charge in [0.25, 0.3) is 0 Å². The number of hydrogen-bond donors (Lipinski definition) is 1. The lowest BCUT2D eigenvalue weighted by Crippen LogP contribution is -2.24. The number of carbonyl (C=O) groups excluding carboxylic acids is 1. The third-order valence-corrected chi connectivity index (χ3v) is 3.87. The second kappa shape index (κ2) is 6.41.